The van der Waals surface area contributed by atoms with Gasteiger partial charge >= 0.3 is 16.2 Å². The summed E-state index contributed by atoms with van der Waals surface area (Å²) in [5.74, 6) is -1.06. The Kier molecular flexibility index (Phi) is 4.24. The van der Waals surface area contributed by atoms with E-state index >= 15 is 0 Å². The molecule has 1 aliphatic rings. The van der Waals surface area contributed by atoms with Crippen LogP contribution in [0.25, 0.3) is 0 Å². The number of piperidine rings is 1. The van der Waals surface area contributed by atoms with Gasteiger partial charge in [-0.1, -0.05) is 6.07 Å². The molecule has 0 bridgehead atoms. The molecule has 0 aliphatic carbocycles. The number of pyridine rings is 1. The van der Waals surface area contributed by atoms with Crippen LogP contribution in [0.1, 0.15) is 18.5 Å². The topological polar surface area (TPSA) is 99.6 Å². The van der Waals surface area contributed by atoms with Crippen molar-refractivity contribution in [1.82, 2.24) is 9.29 Å². The summed E-state index contributed by atoms with van der Waals surface area (Å²) in [6.45, 7) is 2.19. The molecule has 2 N–H and O–H groups in total. The van der Waals surface area contributed by atoms with Gasteiger partial charge < -0.3 is 5.11 Å². The van der Waals surface area contributed by atoms with Crippen LogP contribution in [-0.4, -0.2) is 41.9 Å². The molecule has 0 unspecified atom stereocenters. The van der Waals surface area contributed by atoms with Gasteiger partial charge in [-0.05, 0) is 31.9 Å². The summed E-state index contributed by atoms with van der Waals surface area (Å²) in [7, 11) is -3.67. The Bertz CT molecular complexity index is 594. The van der Waals surface area contributed by atoms with Gasteiger partial charge in [0.1, 0.15) is 5.82 Å². The van der Waals surface area contributed by atoms with E-state index in [0.29, 0.717) is 12.8 Å². The van der Waals surface area contributed by atoms with E-state index in [1.54, 1.807) is 25.1 Å². The molecule has 1 aliphatic heterocycles. The SMILES string of the molecule is Cc1cccc(NS(=O)(=O)N2CCC(C(=O)O)CC2)n1. The van der Waals surface area contributed by atoms with Gasteiger partial charge in [0.05, 0.1) is 5.92 Å². The molecule has 1 aromatic heterocycles. The molecule has 7 nitrogen and oxygen atoms in total. The van der Waals surface area contributed by atoms with Crippen LogP contribution < -0.4 is 4.72 Å². The minimum atomic E-state index is -3.67. The number of hydrogen-bond donors (Lipinski definition) is 2. The van der Waals surface area contributed by atoms with Crippen LogP contribution in [0.2, 0.25) is 0 Å². The summed E-state index contributed by atoms with van der Waals surface area (Å²) < 4.78 is 28.0. The van der Waals surface area contributed by atoms with Gasteiger partial charge in [0.2, 0.25) is 0 Å². The molecule has 110 valence electrons. The van der Waals surface area contributed by atoms with E-state index in [0.717, 1.165) is 5.69 Å². The second kappa shape index (κ2) is 5.76. The van der Waals surface area contributed by atoms with E-state index in [1.807, 2.05) is 0 Å². The molecule has 0 radical (unpaired) electrons. The fourth-order valence-electron chi connectivity index (χ4n) is 2.14. The third-order valence-electron chi connectivity index (χ3n) is 3.26. The maximum atomic E-state index is 12.2. The minimum absolute atomic E-state index is 0.206. The van der Waals surface area contributed by atoms with Gasteiger partial charge in [-0.2, -0.15) is 12.7 Å². The summed E-state index contributed by atoms with van der Waals surface area (Å²) in [6, 6.07) is 5.07. The molecule has 20 heavy (non-hydrogen) atoms. The summed E-state index contributed by atoms with van der Waals surface area (Å²) in [6.07, 6.45) is 0.662. The van der Waals surface area contributed by atoms with Gasteiger partial charge in [0.25, 0.3) is 0 Å². The Balaban J connectivity index is 2.03. The zero-order chi connectivity index (χ0) is 14.8. The molecule has 2 rings (SSSR count). The van der Waals surface area contributed by atoms with Crippen molar-refractivity contribution in [2.24, 2.45) is 5.92 Å². The predicted octanol–water partition coefficient (Wildman–Crippen LogP) is 0.843. The van der Waals surface area contributed by atoms with E-state index in [4.69, 9.17) is 5.11 Å². The van der Waals surface area contributed by atoms with Crippen LogP contribution in [0.5, 0.6) is 0 Å². The molecule has 2 heterocycles. The van der Waals surface area contributed by atoms with Gasteiger partial charge in [0, 0.05) is 18.8 Å². The lowest BCUT2D eigenvalue weighted by Crippen LogP contribution is -2.43. The largest absolute Gasteiger partial charge is 0.481 e. The first-order valence-corrected chi connectivity index (χ1v) is 7.77. The van der Waals surface area contributed by atoms with E-state index in [2.05, 4.69) is 9.71 Å². The van der Waals surface area contributed by atoms with Crippen molar-refractivity contribution >= 4 is 22.0 Å². The smallest absolute Gasteiger partial charge is 0.306 e. The molecule has 0 saturated carbocycles. The van der Waals surface area contributed by atoms with E-state index in [1.165, 1.54) is 4.31 Å². The average molecular weight is 299 g/mol. The van der Waals surface area contributed by atoms with Gasteiger partial charge in [-0.25, -0.2) is 4.98 Å². The van der Waals surface area contributed by atoms with Crippen LogP contribution in [0, 0.1) is 12.8 Å². The third-order valence-corrected chi connectivity index (χ3v) is 4.78. The molecule has 0 aromatic carbocycles. The lowest BCUT2D eigenvalue weighted by Gasteiger charge is -2.29. The molecule has 0 atom stereocenters. The fourth-order valence-corrected chi connectivity index (χ4v) is 3.34. The summed E-state index contributed by atoms with van der Waals surface area (Å²) in [5, 5.41) is 8.90. The summed E-state index contributed by atoms with van der Waals surface area (Å²) >= 11 is 0. The summed E-state index contributed by atoms with van der Waals surface area (Å²) in [5.41, 5.74) is 0.717. The Morgan fingerprint density at radius 3 is 2.60 bits per heavy atom. The number of aliphatic carboxylic acids is 1. The first-order valence-electron chi connectivity index (χ1n) is 6.33. The van der Waals surface area contributed by atoms with Gasteiger partial charge in [0.15, 0.2) is 0 Å². The number of nitrogens with zero attached hydrogens (tertiary/aromatic N) is 2. The average Bonchev–Trinajstić information content (AvgIpc) is 2.38. The fraction of sp³-hybridized carbons (Fsp3) is 0.500. The highest BCUT2D eigenvalue weighted by molar-refractivity contribution is 7.90. The van der Waals surface area contributed by atoms with Crippen molar-refractivity contribution in [1.29, 1.82) is 0 Å². The normalized spacial score (nSPS) is 17.9. The maximum absolute atomic E-state index is 12.2. The zero-order valence-electron chi connectivity index (χ0n) is 11.1. The van der Waals surface area contributed by atoms with Crippen LogP contribution in [0.15, 0.2) is 18.2 Å². The molecule has 8 heteroatoms. The molecular weight excluding hydrogens is 282 g/mol. The van der Waals surface area contributed by atoms with Crippen molar-refractivity contribution in [3.8, 4) is 0 Å². The van der Waals surface area contributed by atoms with E-state index in [-0.39, 0.29) is 18.9 Å². The number of hydrogen-bond acceptors (Lipinski definition) is 4. The lowest BCUT2D eigenvalue weighted by molar-refractivity contribution is -0.142. The minimum Gasteiger partial charge on any atom is -0.481 e. The number of anilines is 1. The first-order chi connectivity index (χ1) is 9.38. The van der Waals surface area contributed by atoms with Crippen molar-refractivity contribution in [2.75, 3.05) is 17.8 Å². The Morgan fingerprint density at radius 1 is 1.40 bits per heavy atom. The highest BCUT2D eigenvalue weighted by Gasteiger charge is 2.31. The molecule has 1 aromatic rings. The number of nitrogens with one attached hydrogen (secondary N) is 1. The standard InChI is InChI=1S/C12H17N3O4S/c1-9-3-2-4-11(13-9)14-20(18,19)15-7-5-10(6-8-15)12(16)17/h2-4,10H,5-8H2,1H3,(H,13,14)(H,16,17). The highest BCUT2D eigenvalue weighted by atomic mass is 32.2. The maximum Gasteiger partial charge on any atom is 0.306 e. The van der Waals surface area contributed by atoms with Crippen LogP contribution in [-0.2, 0) is 15.0 Å². The molecule has 1 fully saturated rings. The Labute approximate surface area is 117 Å². The molecular formula is C12H17N3O4S. The Morgan fingerprint density at radius 2 is 2.05 bits per heavy atom. The van der Waals surface area contributed by atoms with Crippen molar-refractivity contribution in [3.63, 3.8) is 0 Å². The van der Waals surface area contributed by atoms with E-state index in [9.17, 15) is 13.2 Å². The molecule has 1 saturated heterocycles. The number of rotatable bonds is 4. The number of aryl methyl sites for hydroxylation is 1. The third kappa shape index (κ3) is 3.45. The number of carboxylic acids is 1. The lowest BCUT2D eigenvalue weighted by atomic mass is 9.99. The van der Waals surface area contributed by atoms with Gasteiger partial charge in [-0.3, -0.25) is 9.52 Å². The van der Waals surface area contributed by atoms with Gasteiger partial charge in [-0.15, -0.1) is 0 Å². The van der Waals surface area contributed by atoms with Crippen LogP contribution in [0.4, 0.5) is 5.82 Å². The van der Waals surface area contributed by atoms with Crippen molar-refractivity contribution in [2.45, 2.75) is 19.8 Å². The van der Waals surface area contributed by atoms with Crippen LogP contribution in [0.3, 0.4) is 0 Å². The summed E-state index contributed by atoms with van der Waals surface area (Å²) in [4.78, 5) is 14.9. The second-order valence-electron chi connectivity index (χ2n) is 4.78. The zero-order valence-corrected chi connectivity index (χ0v) is 11.9. The molecule has 0 amide bonds. The highest BCUT2D eigenvalue weighted by Crippen LogP contribution is 2.20. The predicted molar refractivity (Wildman–Crippen MR) is 73.4 cm³/mol. The van der Waals surface area contributed by atoms with E-state index < -0.39 is 22.1 Å². The van der Waals surface area contributed by atoms with Crippen LogP contribution >= 0.6 is 0 Å². The van der Waals surface area contributed by atoms with Crippen molar-refractivity contribution < 1.29 is 18.3 Å². The second-order valence-corrected chi connectivity index (χ2v) is 6.45. The quantitative estimate of drug-likeness (QED) is 0.858. The first kappa shape index (κ1) is 14.7. The monoisotopic (exact) mass is 299 g/mol. The number of carbonyl (C=O) groups is 1. The van der Waals surface area contributed by atoms with Crippen molar-refractivity contribution in [3.05, 3.63) is 23.9 Å². The Hall–Kier alpha value is -1.67. The number of aromatic nitrogens is 1. The number of carboxylic acid groups (broad SMARTS) is 1. The molecule has 0 spiro atoms.